The van der Waals surface area contributed by atoms with Crippen LogP contribution >= 0.6 is 0 Å². The molecule has 2 aliphatic rings. The fourth-order valence-corrected chi connectivity index (χ4v) is 2.91. The Labute approximate surface area is 116 Å². The maximum absolute atomic E-state index is 5.92. The minimum Gasteiger partial charge on any atom is -0.373 e. The monoisotopic (exact) mass is 259 g/mol. The Balaban J connectivity index is 1.36. The predicted octanol–water partition coefficient (Wildman–Crippen LogP) is 3.54. The van der Waals surface area contributed by atoms with E-state index in [-0.39, 0.29) is 6.10 Å². The number of hydrogen-bond donors (Lipinski definition) is 1. The van der Waals surface area contributed by atoms with Crippen LogP contribution in [0.4, 0.5) is 0 Å². The molecule has 1 aromatic rings. The Morgan fingerprint density at radius 2 is 1.74 bits per heavy atom. The first-order valence-corrected chi connectivity index (χ1v) is 7.74. The SMILES string of the molecule is CC(OCCNC(C1CC1)C1CC1)c1ccccc1. The Morgan fingerprint density at radius 1 is 1.11 bits per heavy atom. The van der Waals surface area contributed by atoms with Crippen molar-refractivity contribution in [3.05, 3.63) is 35.9 Å². The van der Waals surface area contributed by atoms with Crippen molar-refractivity contribution < 1.29 is 4.74 Å². The van der Waals surface area contributed by atoms with E-state index in [1.807, 2.05) is 6.07 Å². The van der Waals surface area contributed by atoms with Gasteiger partial charge < -0.3 is 10.1 Å². The van der Waals surface area contributed by atoms with E-state index in [0.717, 1.165) is 31.0 Å². The van der Waals surface area contributed by atoms with Crippen molar-refractivity contribution in [2.24, 2.45) is 11.8 Å². The summed E-state index contributed by atoms with van der Waals surface area (Å²) >= 11 is 0. The number of nitrogens with one attached hydrogen (secondary N) is 1. The number of rotatable bonds is 8. The summed E-state index contributed by atoms with van der Waals surface area (Å²) in [5.74, 6) is 1.94. The summed E-state index contributed by atoms with van der Waals surface area (Å²) in [5.41, 5.74) is 1.27. The topological polar surface area (TPSA) is 21.3 Å². The maximum Gasteiger partial charge on any atom is 0.0797 e. The van der Waals surface area contributed by atoms with Crippen molar-refractivity contribution in [3.63, 3.8) is 0 Å². The molecule has 1 N–H and O–H groups in total. The van der Waals surface area contributed by atoms with Crippen molar-refractivity contribution in [2.45, 2.75) is 44.8 Å². The summed E-state index contributed by atoms with van der Waals surface area (Å²) in [4.78, 5) is 0. The molecule has 0 aromatic heterocycles. The number of benzene rings is 1. The lowest BCUT2D eigenvalue weighted by atomic mass is 10.1. The van der Waals surface area contributed by atoms with Crippen LogP contribution in [0.25, 0.3) is 0 Å². The predicted molar refractivity (Wildman–Crippen MR) is 78.0 cm³/mol. The van der Waals surface area contributed by atoms with Crippen molar-refractivity contribution in [1.29, 1.82) is 0 Å². The lowest BCUT2D eigenvalue weighted by Crippen LogP contribution is -2.35. The van der Waals surface area contributed by atoms with Gasteiger partial charge in [0.05, 0.1) is 12.7 Å². The molecule has 0 saturated heterocycles. The molecular formula is C17H25NO. The molecule has 1 aromatic carbocycles. The number of ether oxygens (including phenoxy) is 1. The standard InChI is InChI=1S/C17H25NO/c1-13(14-5-3-2-4-6-14)19-12-11-18-17(15-7-8-15)16-9-10-16/h2-6,13,15-18H,7-12H2,1H3. The molecule has 1 unspecified atom stereocenters. The molecule has 2 nitrogen and oxygen atoms in total. The third-order valence-corrected chi connectivity index (χ3v) is 4.38. The first-order chi connectivity index (χ1) is 9.34. The highest BCUT2D eigenvalue weighted by Gasteiger charge is 2.40. The molecule has 0 bridgehead atoms. The smallest absolute Gasteiger partial charge is 0.0797 e. The molecule has 0 amide bonds. The Hall–Kier alpha value is -0.860. The van der Waals surface area contributed by atoms with E-state index in [1.165, 1.54) is 31.2 Å². The lowest BCUT2D eigenvalue weighted by Gasteiger charge is -2.19. The van der Waals surface area contributed by atoms with Gasteiger partial charge in [-0.05, 0) is 50.0 Å². The van der Waals surface area contributed by atoms with Crippen LogP contribution < -0.4 is 5.32 Å². The summed E-state index contributed by atoms with van der Waals surface area (Å²) in [6.07, 6.45) is 5.96. The third-order valence-electron chi connectivity index (χ3n) is 4.38. The van der Waals surface area contributed by atoms with Crippen LogP contribution in [-0.2, 0) is 4.74 Å². The van der Waals surface area contributed by atoms with Crippen LogP contribution in [0.2, 0.25) is 0 Å². The van der Waals surface area contributed by atoms with Gasteiger partial charge in [-0.2, -0.15) is 0 Å². The molecule has 0 radical (unpaired) electrons. The Morgan fingerprint density at radius 3 is 2.32 bits per heavy atom. The zero-order valence-electron chi connectivity index (χ0n) is 11.8. The van der Waals surface area contributed by atoms with Crippen molar-refractivity contribution in [1.82, 2.24) is 5.32 Å². The Bertz CT molecular complexity index is 372. The van der Waals surface area contributed by atoms with Crippen LogP contribution in [0.1, 0.15) is 44.3 Å². The van der Waals surface area contributed by atoms with Crippen LogP contribution in [0, 0.1) is 11.8 Å². The van der Waals surface area contributed by atoms with Gasteiger partial charge >= 0.3 is 0 Å². The van der Waals surface area contributed by atoms with E-state index < -0.39 is 0 Å². The molecule has 2 fully saturated rings. The zero-order chi connectivity index (χ0) is 13.1. The van der Waals surface area contributed by atoms with Gasteiger partial charge in [-0.3, -0.25) is 0 Å². The Kier molecular flexibility index (Phi) is 4.19. The second kappa shape index (κ2) is 6.06. The summed E-state index contributed by atoms with van der Waals surface area (Å²) in [5, 5.41) is 3.73. The molecule has 2 aliphatic carbocycles. The molecule has 0 aliphatic heterocycles. The maximum atomic E-state index is 5.92. The van der Waals surface area contributed by atoms with E-state index in [4.69, 9.17) is 4.74 Å². The molecule has 0 heterocycles. The van der Waals surface area contributed by atoms with Gasteiger partial charge in [0, 0.05) is 12.6 Å². The highest BCUT2D eigenvalue weighted by Crippen LogP contribution is 2.44. The van der Waals surface area contributed by atoms with E-state index >= 15 is 0 Å². The molecule has 1 atom stereocenters. The van der Waals surface area contributed by atoms with Crippen molar-refractivity contribution in [2.75, 3.05) is 13.2 Å². The fraction of sp³-hybridized carbons (Fsp3) is 0.647. The first-order valence-electron chi connectivity index (χ1n) is 7.74. The summed E-state index contributed by atoms with van der Waals surface area (Å²) in [7, 11) is 0. The van der Waals surface area contributed by atoms with Gasteiger partial charge in [0.2, 0.25) is 0 Å². The molecule has 0 spiro atoms. The molecular weight excluding hydrogens is 234 g/mol. The second-order valence-electron chi connectivity index (χ2n) is 6.08. The van der Waals surface area contributed by atoms with E-state index in [1.54, 1.807) is 0 Å². The first kappa shape index (κ1) is 13.1. The van der Waals surface area contributed by atoms with Crippen LogP contribution in [-0.4, -0.2) is 19.2 Å². The normalized spacial score (nSPS) is 20.7. The largest absolute Gasteiger partial charge is 0.373 e. The van der Waals surface area contributed by atoms with Gasteiger partial charge in [0.1, 0.15) is 0 Å². The molecule has 19 heavy (non-hydrogen) atoms. The summed E-state index contributed by atoms with van der Waals surface area (Å²) < 4.78 is 5.92. The van der Waals surface area contributed by atoms with Gasteiger partial charge in [0.15, 0.2) is 0 Å². The van der Waals surface area contributed by atoms with Crippen molar-refractivity contribution in [3.8, 4) is 0 Å². The van der Waals surface area contributed by atoms with E-state index in [2.05, 4.69) is 36.5 Å². The molecule has 3 rings (SSSR count). The minimum absolute atomic E-state index is 0.197. The summed E-state index contributed by atoms with van der Waals surface area (Å²) in [6, 6.07) is 11.3. The summed E-state index contributed by atoms with van der Waals surface area (Å²) in [6.45, 7) is 3.94. The second-order valence-corrected chi connectivity index (χ2v) is 6.08. The average molecular weight is 259 g/mol. The van der Waals surface area contributed by atoms with Gasteiger partial charge in [-0.25, -0.2) is 0 Å². The van der Waals surface area contributed by atoms with Crippen LogP contribution in [0.3, 0.4) is 0 Å². The van der Waals surface area contributed by atoms with E-state index in [0.29, 0.717) is 0 Å². The number of hydrogen-bond acceptors (Lipinski definition) is 2. The van der Waals surface area contributed by atoms with Crippen LogP contribution in [0.15, 0.2) is 30.3 Å². The lowest BCUT2D eigenvalue weighted by molar-refractivity contribution is 0.0655. The van der Waals surface area contributed by atoms with Crippen molar-refractivity contribution >= 4 is 0 Å². The van der Waals surface area contributed by atoms with Gasteiger partial charge in [-0.15, -0.1) is 0 Å². The molecule has 2 saturated carbocycles. The quantitative estimate of drug-likeness (QED) is 0.721. The zero-order valence-corrected chi connectivity index (χ0v) is 11.8. The van der Waals surface area contributed by atoms with Gasteiger partial charge in [0.25, 0.3) is 0 Å². The van der Waals surface area contributed by atoms with Gasteiger partial charge in [-0.1, -0.05) is 30.3 Å². The van der Waals surface area contributed by atoms with Crippen LogP contribution in [0.5, 0.6) is 0 Å². The average Bonchev–Trinajstić information content (AvgIpc) is 3.32. The minimum atomic E-state index is 0.197. The van der Waals surface area contributed by atoms with E-state index in [9.17, 15) is 0 Å². The third kappa shape index (κ3) is 3.80. The molecule has 104 valence electrons. The highest BCUT2D eigenvalue weighted by atomic mass is 16.5. The fourth-order valence-electron chi connectivity index (χ4n) is 2.91. The molecule has 2 heteroatoms. The highest BCUT2D eigenvalue weighted by molar-refractivity contribution is 5.16.